The van der Waals surface area contributed by atoms with E-state index in [1.165, 1.54) is 0 Å². The summed E-state index contributed by atoms with van der Waals surface area (Å²) in [7, 11) is 3.35. The molecule has 0 spiro atoms. The number of carbonyl (C=O) groups is 1. The van der Waals surface area contributed by atoms with Gasteiger partial charge in [-0.15, -0.1) is 0 Å². The van der Waals surface area contributed by atoms with Crippen molar-refractivity contribution in [3.63, 3.8) is 0 Å². The van der Waals surface area contributed by atoms with E-state index in [1.54, 1.807) is 37.4 Å². The maximum atomic E-state index is 12.2. The molecule has 0 aliphatic carbocycles. The Hall–Kier alpha value is -1.90. The van der Waals surface area contributed by atoms with Crippen LogP contribution in [0, 0.1) is 11.8 Å². The number of pyridine rings is 1. The molecule has 0 bridgehead atoms. The fourth-order valence-electron chi connectivity index (χ4n) is 1.54. The summed E-state index contributed by atoms with van der Waals surface area (Å²) in [4.78, 5) is 17.9. The maximum absolute atomic E-state index is 12.2. The van der Waals surface area contributed by atoms with Crippen LogP contribution in [0.2, 0.25) is 0 Å². The summed E-state index contributed by atoms with van der Waals surface area (Å²) in [6.45, 7) is 0.958. The molecule has 0 saturated carbocycles. The molecule has 0 saturated heterocycles. The first-order chi connectivity index (χ1) is 9.20. The van der Waals surface area contributed by atoms with Gasteiger partial charge in [-0.05, 0) is 18.6 Å². The summed E-state index contributed by atoms with van der Waals surface area (Å²) >= 11 is 0. The maximum Gasteiger partial charge on any atom is 0.273 e. The van der Waals surface area contributed by atoms with Gasteiger partial charge in [0.2, 0.25) is 0 Å². The molecule has 0 radical (unpaired) electrons. The fourth-order valence-corrected chi connectivity index (χ4v) is 1.54. The molecule has 5 nitrogen and oxygen atoms in total. The molecule has 19 heavy (non-hydrogen) atoms. The number of aromatic nitrogens is 1. The third kappa shape index (κ3) is 4.70. The van der Waals surface area contributed by atoms with Crippen LogP contribution in [0.15, 0.2) is 18.3 Å². The van der Waals surface area contributed by atoms with Gasteiger partial charge in [0.15, 0.2) is 0 Å². The SMILES string of the molecule is COCCCN(C)C(=O)c1ncccc1C#CCO. The Morgan fingerprint density at radius 2 is 2.37 bits per heavy atom. The summed E-state index contributed by atoms with van der Waals surface area (Å²) in [6.07, 6.45) is 2.32. The second-order valence-electron chi connectivity index (χ2n) is 3.93. The van der Waals surface area contributed by atoms with Crippen molar-refractivity contribution in [2.45, 2.75) is 6.42 Å². The van der Waals surface area contributed by atoms with Crippen LogP contribution < -0.4 is 0 Å². The summed E-state index contributed by atoms with van der Waals surface area (Å²) in [6, 6.07) is 3.43. The minimum atomic E-state index is -0.244. The number of rotatable bonds is 5. The van der Waals surface area contributed by atoms with Gasteiger partial charge in [-0.25, -0.2) is 4.98 Å². The van der Waals surface area contributed by atoms with Gasteiger partial charge in [0.25, 0.3) is 5.91 Å². The van der Waals surface area contributed by atoms with Crippen LogP contribution in [0.5, 0.6) is 0 Å². The highest BCUT2D eigenvalue weighted by molar-refractivity contribution is 5.94. The molecular formula is C14H18N2O3. The lowest BCUT2D eigenvalue weighted by molar-refractivity contribution is 0.0773. The molecule has 1 N–H and O–H groups in total. The van der Waals surface area contributed by atoms with Gasteiger partial charge in [0, 0.05) is 33.5 Å². The van der Waals surface area contributed by atoms with Crippen LogP contribution in [0.4, 0.5) is 0 Å². The number of methoxy groups -OCH3 is 1. The van der Waals surface area contributed by atoms with Crippen LogP contribution in [0.3, 0.4) is 0 Å². The van der Waals surface area contributed by atoms with E-state index in [0.717, 1.165) is 6.42 Å². The molecule has 0 aliphatic rings. The Balaban J connectivity index is 2.81. The number of amides is 1. The van der Waals surface area contributed by atoms with Crippen molar-refractivity contribution in [1.29, 1.82) is 0 Å². The van der Waals surface area contributed by atoms with E-state index >= 15 is 0 Å². The van der Waals surface area contributed by atoms with Crippen LogP contribution in [0.1, 0.15) is 22.5 Å². The summed E-state index contributed by atoms with van der Waals surface area (Å²) in [5.74, 6) is 5.08. The summed E-state index contributed by atoms with van der Waals surface area (Å²) < 4.78 is 4.95. The molecule has 0 unspecified atom stereocenters. The molecule has 5 heteroatoms. The molecule has 1 heterocycles. The van der Waals surface area contributed by atoms with Crippen molar-refractivity contribution >= 4 is 5.91 Å². The van der Waals surface area contributed by atoms with E-state index in [4.69, 9.17) is 9.84 Å². The Bertz CT molecular complexity index is 477. The standard InChI is InChI=1S/C14H18N2O3/c1-16(9-5-11-19-2)14(18)13-12(7-4-10-17)6-3-8-15-13/h3,6,8,17H,5,9-11H2,1-2H3. The monoisotopic (exact) mass is 262 g/mol. The van der Waals surface area contributed by atoms with E-state index < -0.39 is 0 Å². The largest absolute Gasteiger partial charge is 0.385 e. The van der Waals surface area contributed by atoms with Gasteiger partial charge in [-0.2, -0.15) is 0 Å². The zero-order chi connectivity index (χ0) is 14.1. The highest BCUT2D eigenvalue weighted by Gasteiger charge is 2.15. The van der Waals surface area contributed by atoms with Crippen molar-refractivity contribution in [2.24, 2.45) is 0 Å². The van der Waals surface area contributed by atoms with Crippen LogP contribution >= 0.6 is 0 Å². The van der Waals surface area contributed by atoms with Gasteiger partial charge < -0.3 is 14.7 Å². The third-order valence-electron chi connectivity index (χ3n) is 2.50. The second kappa shape index (κ2) is 8.25. The van der Waals surface area contributed by atoms with Crippen molar-refractivity contribution in [3.8, 4) is 11.8 Å². The van der Waals surface area contributed by atoms with Crippen molar-refractivity contribution < 1.29 is 14.6 Å². The number of ether oxygens (including phenoxy) is 1. The molecule has 1 rings (SSSR count). The van der Waals surface area contributed by atoms with Gasteiger partial charge in [0.1, 0.15) is 12.3 Å². The minimum absolute atomic E-state index is 0.182. The topological polar surface area (TPSA) is 62.7 Å². The predicted molar refractivity (Wildman–Crippen MR) is 71.7 cm³/mol. The Morgan fingerprint density at radius 1 is 1.58 bits per heavy atom. The number of hydrogen-bond acceptors (Lipinski definition) is 4. The minimum Gasteiger partial charge on any atom is -0.385 e. The van der Waals surface area contributed by atoms with Gasteiger partial charge >= 0.3 is 0 Å². The molecule has 0 atom stereocenters. The Labute approximate surface area is 113 Å². The summed E-state index contributed by atoms with van der Waals surface area (Å²) in [5.41, 5.74) is 0.837. The van der Waals surface area contributed by atoms with E-state index in [2.05, 4.69) is 16.8 Å². The van der Waals surface area contributed by atoms with Crippen LogP contribution in [-0.2, 0) is 4.74 Å². The summed E-state index contributed by atoms with van der Waals surface area (Å²) in [5, 5.41) is 8.71. The highest BCUT2D eigenvalue weighted by atomic mass is 16.5. The number of aliphatic hydroxyl groups is 1. The molecular weight excluding hydrogens is 244 g/mol. The smallest absolute Gasteiger partial charge is 0.273 e. The van der Waals surface area contributed by atoms with E-state index in [1.807, 2.05) is 0 Å². The molecule has 1 amide bonds. The van der Waals surface area contributed by atoms with Gasteiger partial charge in [-0.1, -0.05) is 11.8 Å². The van der Waals surface area contributed by atoms with E-state index in [0.29, 0.717) is 24.4 Å². The zero-order valence-electron chi connectivity index (χ0n) is 11.2. The Kier molecular flexibility index (Phi) is 6.58. The van der Waals surface area contributed by atoms with Crippen molar-refractivity contribution in [2.75, 3.05) is 33.9 Å². The highest BCUT2D eigenvalue weighted by Crippen LogP contribution is 2.07. The fraction of sp³-hybridized carbons (Fsp3) is 0.429. The third-order valence-corrected chi connectivity index (χ3v) is 2.50. The number of nitrogens with zero attached hydrogens (tertiary/aromatic N) is 2. The molecule has 0 fully saturated rings. The predicted octanol–water partition coefficient (Wildman–Crippen LogP) is 0.534. The average molecular weight is 262 g/mol. The first-order valence-corrected chi connectivity index (χ1v) is 6.00. The van der Waals surface area contributed by atoms with Crippen molar-refractivity contribution in [1.82, 2.24) is 9.88 Å². The van der Waals surface area contributed by atoms with Crippen LogP contribution in [0.25, 0.3) is 0 Å². The van der Waals surface area contributed by atoms with Gasteiger partial charge in [-0.3, -0.25) is 4.79 Å². The normalized spacial score (nSPS) is 9.63. The number of hydrogen-bond donors (Lipinski definition) is 1. The molecule has 102 valence electrons. The Morgan fingerprint density at radius 3 is 3.05 bits per heavy atom. The first kappa shape index (κ1) is 15.2. The van der Waals surface area contributed by atoms with Crippen molar-refractivity contribution in [3.05, 3.63) is 29.6 Å². The van der Waals surface area contributed by atoms with Crippen LogP contribution in [-0.4, -0.2) is 54.8 Å². The molecule has 0 aliphatic heterocycles. The number of aliphatic hydroxyl groups excluding tert-OH is 1. The van der Waals surface area contributed by atoms with E-state index in [9.17, 15) is 4.79 Å². The lowest BCUT2D eigenvalue weighted by Crippen LogP contribution is -2.29. The quantitative estimate of drug-likeness (QED) is 0.621. The lowest BCUT2D eigenvalue weighted by Gasteiger charge is -2.16. The van der Waals surface area contributed by atoms with E-state index in [-0.39, 0.29) is 12.5 Å². The molecule has 0 aromatic carbocycles. The molecule has 1 aromatic rings. The first-order valence-electron chi connectivity index (χ1n) is 6.00. The second-order valence-corrected chi connectivity index (χ2v) is 3.93. The van der Waals surface area contributed by atoms with Gasteiger partial charge in [0.05, 0.1) is 5.56 Å². The molecule has 1 aromatic heterocycles. The average Bonchev–Trinajstić information content (AvgIpc) is 2.44. The number of carbonyl (C=O) groups excluding carboxylic acids is 1. The zero-order valence-corrected chi connectivity index (χ0v) is 11.2. The lowest BCUT2D eigenvalue weighted by atomic mass is 10.1.